The molecule has 1 fully saturated rings. The second-order valence-electron chi connectivity index (χ2n) is 8.13. The van der Waals surface area contributed by atoms with Crippen molar-refractivity contribution in [2.75, 3.05) is 13.1 Å². The number of piperidine rings is 1. The minimum atomic E-state index is -0.175. The summed E-state index contributed by atoms with van der Waals surface area (Å²) in [5.41, 5.74) is 1.41. The van der Waals surface area contributed by atoms with Crippen LogP contribution >= 0.6 is 0 Å². The molecule has 3 aromatic rings. The van der Waals surface area contributed by atoms with Gasteiger partial charge in [-0.25, -0.2) is 4.68 Å². The van der Waals surface area contributed by atoms with Gasteiger partial charge in [-0.2, -0.15) is 5.10 Å². The Morgan fingerprint density at radius 2 is 1.90 bits per heavy atom. The van der Waals surface area contributed by atoms with E-state index in [9.17, 15) is 9.59 Å². The number of likely N-dealkylation sites (tertiary alicyclic amines) is 1. The first kappa shape index (κ1) is 20.9. The second-order valence-corrected chi connectivity index (χ2v) is 8.13. The van der Waals surface area contributed by atoms with E-state index in [2.05, 4.69) is 17.3 Å². The Labute approximate surface area is 182 Å². The highest BCUT2D eigenvalue weighted by Gasteiger charge is 2.31. The predicted octanol–water partition coefficient (Wildman–Crippen LogP) is 3.43. The number of amides is 2. The van der Waals surface area contributed by atoms with Crippen LogP contribution in [0.25, 0.3) is 11.5 Å². The van der Waals surface area contributed by atoms with Gasteiger partial charge in [0.05, 0.1) is 17.8 Å². The van der Waals surface area contributed by atoms with Gasteiger partial charge in [0.1, 0.15) is 5.56 Å². The van der Waals surface area contributed by atoms with Crippen LogP contribution in [0.3, 0.4) is 0 Å². The number of aromatic nitrogens is 3. The number of nitrogens with zero attached hydrogens (tertiary/aromatic N) is 4. The van der Waals surface area contributed by atoms with Crippen molar-refractivity contribution in [2.45, 2.75) is 39.2 Å². The maximum Gasteiger partial charge on any atom is 0.259 e. The van der Waals surface area contributed by atoms with Crippen LogP contribution in [0.1, 0.15) is 43.5 Å². The van der Waals surface area contributed by atoms with Crippen LogP contribution in [-0.4, -0.2) is 50.2 Å². The van der Waals surface area contributed by atoms with Gasteiger partial charge in [0.2, 0.25) is 5.91 Å². The van der Waals surface area contributed by atoms with E-state index in [1.165, 1.54) is 0 Å². The van der Waals surface area contributed by atoms with Gasteiger partial charge in [0.15, 0.2) is 5.82 Å². The highest BCUT2D eigenvalue weighted by Crippen LogP contribution is 2.24. The number of rotatable bonds is 6. The predicted molar refractivity (Wildman–Crippen MR) is 119 cm³/mol. The molecule has 1 aliphatic heterocycles. The van der Waals surface area contributed by atoms with Crippen molar-refractivity contribution in [3.63, 3.8) is 0 Å². The van der Waals surface area contributed by atoms with E-state index in [-0.39, 0.29) is 23.8 Å². The van der Waals surface area contributed by atoms with Gasteiger partial charge in [-0.1, -0.05) is 25.1 Å². The van der Waals surface area contributed by atoms with Gasteiger partial charge in [0, 0.05) is 31.5 Å². The zero-order valence-corrected chi connectivity index (χ0v) is 18.1. The number of para-hydroxylation sites is 1. The smallest absolute Gasteiger partial charge is 0.259 e. The lowest BCUT2D eigenvalue weighted by Crippen LogP contribution is -2.47. The molecule has 2 amide bonds. The highest BCUT2D eigenvalue weighted by atomic mass is 16.2. The van der Waals surface area contributed by atoms with Gasteiger partial charge in [-0.3, -0.25) is 9.59 Å². The van der Waals surface area contributed by atoms with Gasteiger partial charge in [-0.15, -0.1) is 0 Å². The van der Waals surface area contributed by atoms with E-state index in [1.54, 1.807) is 15.8 Å². The van der Waals surface area contributed by atoms with Gasteiger partial charge >= 0.3 is 0 Å². The van der Waals surface area contributed by atoms with E-state index in [1.807, 2.05) is 66.3 Å². The normalized spacial score (nSPS) is 17.4. The average molecular weight is 420 g/mol. The molecule has 1 saturated heterocycles. The molecule has 1 aliphatic rings. The summed E-state index contributed by atoms with van der Waals surface area (Å²) in [5.74, 6) is 0.475. The Hall–Kier alpha value is -3.35. The van der Waals surface area contributed by atoms with Gasteiger partial charge in [0.25, 0.3) is 5.91 Å². The number of hydrogen-bond acceptors (Lipinski definition) is 3. The quantitative estimate of drug-likeness (QED) is 0.665. The third-order valence-electron chi connectivity index (χ3n) is 5.90. The average Bonchev–Trinajstić information content (AvgIpc) is 3.49. The molecule has 3 heterocycles. The second kappa shape index (κ2) is 9.20. The molecule has 2 atom stereocenters. The Bertz CT molecular complexity index is 1030. The Kier molecular flexibility index (Phi) is 6.21. The summed E-state index contributed by atoms with van der Waals surface area (Å²) in [7, 11) is 0. The summed E-state index contributed by atoms with van der Waals surface area (Å²) in [6, 6.07) is 13.8. The largest absolute Gasteiger partial charge is 0.353 e. The molecule has 2 aromatic heterocycles. The number of benzene rings is 1. The van der Waals surface area contributed by atoms with Crippen LogP contribution < -0.4 is 5.32 Å². The number of nitrogens with one attached hydrogen (secondary N) is 1. The number of hydrogen-bond donors (Lipinski definition) is 1. The summed E-state index contributed by atoms with van der Waals surface area (Å²) in [5, 5.41) is 7.59. The molecule has 0 aliphatic carbocycles. The van der Waals surface area contributed by atoms with Crippen molar-refractivity contribution in [3.8, 4) is 11.5 Å². The van der Waals surface area contributed by atoms with Crippen LogP contribution in [0.2, 0.25) is 0 Å². The monoisotopic (exact) mass is 419 g/mol. The van der Waals surface area contributed by atoms with Gasteiger partial charge in [-0.05, 0) is 50.5 Å². The van der Waals surface area contributed by atoms with Crippen molar-refractivity contribution in [1.29, 1.82) is 0 Å². The Morgan fingerprint density at radius 1 is 1.16 bits per heavy atom. The highest BCUT2D eigenvalue weighted by molar-refractivity contribution is 5.97. The van der Waals surface area contributed by atoms with Crippen LogP contribution in [0.4, 0.5) is 0 Å². The van der Waals surface area contributed by atoms with E-state index in [4.69, 9.17) is 0 Å². The topological polar surface area (TPSA) is 72.2 Å². The zero-order valence-electron chi connectivity index (χ0n) is 18.1. The van der Waals surface area contributed by atoms with Crippen molar-refractivity contribution in [3.05, 3.63) is 66.6 Å². The molecule has 7 heteroatoms. The third kappa shape index (κ3) is 4.40. The summed E-state index contributed by atoms with van der Waals surface area (Å²) in [6.45, 7) is 5.14. The third-order valence-corrected chi connectivity index (χ3v) is 5.90. The maximum atomic E-state index is 13.5. The van der Waals surface area contributed by atoms with E-state index in [0.29, 0.717) is 24.5 Å². The molecule has 1 N–H and O–H groups in total. The molecule has 0 spiro atoms. The fourth-order valence-corrected chi connectivity index (χ4v) is 3.98. The molecule has 0 saturated carbocycles. The van der Waals surface area contributed by atoms with Crippen molar-refractivity contribution < 1.29 is 9.59 Å². The first-order chi connectivity index (χ1) is 15.1. The molecule has 4 rings (SSSR count). The van der Waals surface area contributed by atoms with Crippen molar-refractivity contribution in [1.82, 2.24) is 24.6 Å². The molecule has 1 aromatic carbocycles. The molecule has 0 unspecified atom stereocenters. The van der Waals surface area contributed by atoms with Crippen LogP contribution in [0.15, 0.2) is 61.1 Å². The minimum absolute atomic E-state index is 0.0393. The first-order valence-corrected chi connectivity index (χ1v) is 10.9. The SMILES string of the molecule is CC[C@H](C)NC(=O)[C@@H]1CCCN(C(=O)c2cnn(-c3ccccc3)c2-n2cccc2)C1. The number of carbonyl (C=O) groups is 2. The fourth-order valence-electron chi connectivity index (χ4n) is 3.98. The van der Waals surface area contributed by atoms with Crippen LogP contribution in [0.5, 0.6) is 0 Å². The first-order valence-electron chi connectivity index (χ1n) is 10.9. The summed E-state index contributed by atoms with van der Waals surface area (Å²) >= 11 is 0. The molecule has 162 valence electrons. The zero-order chi connectivity index (χ0) is 21.8. The lowest BCUT2D eigenvalue weighted by Gasteiger charge is -2.32. The van der Waals surface area contributed by atoms with Crippen molar-refractivity contribution in [2.24, 2.45) is 5.92 Å². The molecule has 7 nitrogen and oxygen atoms in total. The number of carbonyl (C=O) groups excluding carboxylic acids is 2. The van der Waals surface area contributed by atoms with Gasteiger partial charge < -0.3 is 14.8 Å². The fraction of sp³-hybridized carbons (Fsp3) is 0.375. The van der Waals surface area contributed by atoms with Crippen LogP contribution in [-0.2, 0) is 4.79 Å². The molecular formula is C24H29N5O2. The van der Waals surface area contributed by atoms with Crippen LogP contribution in [0, 0.1) is 5.92 Å². The summed E-state index contributed by atoms with van der Waals surface area (Å²) in [6.07, 6.45) is 7.96. The van der Waals surface area contributed by atoms with E-state index >= 15 is 0 Å². The lowest BCUT2D eigenvalue weighted by molar-refractivity contribution is -0.126. The molecule has 31 heavy (non-hydrogen) atoms. The minimum Gasteiger partial charge on any atom is -0.353 e. The van der Waals surface area contributed by atoms with Crippen molar-refractivity contribution >= 4 is 11.8 Å². The van der Waals surface area contributed by atoms with E-state index in [0.717, 1.165) is 24.9 Å². The van der Waals surface area contributed by atoms with E-state index < -0.39 is 0 Å². The summed E-state index contributed by atoms with van der Waals surface area (Å²) < 4.78 is 3.69. The Morgan fingerprint density at radius 3 is 2.61 bits per heavy atom. The standard InChI is InChI=1S/C24H29N5O2/c1-3-18(2)26-22(30)19-10-9-15-28(17-19)24(31)21-16-25-29(20-11-5-4-6-12-20)23(21)27-13-7-8-14-27/h4-8,11-14,16,18-19H,3,9-10,15,17H2,1-2H3,(H,26,30)/t18-,19+/m0/s1. The Balaban J connectivity index is 1.61. The lowest BCUT2D eigenvalue weighted by atomic mass is 9.96. The maximum absolute atomic E-state index is 13.5. The summed E-state index contributed by atoms with van der Waals surface area (Å²) in [4.78, 5) is 28.0. The molecule has 0 radical (unpaired) electrons. The molecule has 0 bridgehead atoms. The molecular weight excluding hydrogens is 390 g/mol.